The molecule has 2 rings (SSSR count). The van der Waals surface area contributed by atoms with E-state index in [1.807, 2.05) is 0 Å². The molecule has 0 fully saturated rings. The van der Waals surface area contributed by atoms with E-state index in [1.165, 1.54) is 25.2 Å². The molecule has 84 valence electrons. The molecule has 1 aromatic carbocycles. The Morgan fingerprint density at radius 3 is 2.62 bits per heavy atom. The van der Waals surface area contributed by atoms with Crippen molar-refractivity contribution in [3.63, 3.8) is 0 Å². The van der Waals surface area contributed by atoms with E-state index >= 15 is 0 Å². The van der Waals surface area contributed by atoms with Crippen molar-refractivity contribution in [3.8, 4) is 0 Å². The third-order valence-corrected chi connectivity index (χ3v) is 2.28. The summed E-state index contributed by atoms with van der Waals surface area (Å²) in [5.74, 6) is 0. The van der Waals surface area contributed by atoms with Gasteiger partial charge in [-0.3, -0.25) is 9.48 Å². The molecule has 0 atom stereocenters. The van der Waals surface area contributed by atoms with E-state index in [0.29, 0.717) is 11.8 Å². The molecule has 0 aliphatic carbocycles. The fraction of sp³-hybridized carbons (Fsp3) is 0.200. The molecule has 3 nitrogen and oxygen atoms in total. The molecule has 0 spiro atoms. The Morgan fingerprint density at radius 1 is 1.38 bits per heavy atom. The smallest absolute Gasteiger partial charge is 0.298 e. The molecule has 2 aromatic rings. The molecule has 0 radical (unpaired) electrons. The highest BCUT2D eigenvalue weighted by Gasteiger charge is 2.36. The Labute approximate surface area is 88.5 Å². The maximum atomic E-state index is 12.6. The lowest BCUT2D eigenvalue weighted by Gasteiger charge is -2.01. The highest BCUT2D eigenvalue weighted by molar-refractivity contribution is 5.89. The minimum Gasteiger partial charge on any atom is -0.298 e. The Balaban J connectivity index is 2.80. The number of rotatable bonds is 1. The third kappa shape index (κ3) is 1.56. The minimum atomic E-state index is -4.51. The molecule has 0 saturated carbocycles. The fourth-order valence-corrected chi connectivity index (χ4v) is 1.57. The SMILES string of the molecule is Cn1nc(C(F)(F)F)c2cc(C=O)ccc21. The lowest BCUT2D eigenvalue weighted by Crippen LogP contribution is -2.07. The number of halogens is 3. The van der Waals surface area contributed by atoms with Gasteiger partial charge in [0.25, 0.3) is 0 Å². The second-order valence-corrected chi connectivity index (χ2v) is 3.36. The van der Waals surface area contributed by atoms with E-state index in [-0.39, 0.29) is 10.9 Å². The van der Waals surface area contributed by atoms with E-state index in [2.05, 4.69) is 5.10 Å². The molecular weight excluding hydrogens is 221 g/mol. The van der Waals surface area contributed by atoms with Gasteiger partial charge in [-0.05, 0) is 18.2 Å². The number of aromatic nitrogens is 2. The molecule has 0 unspecified atom stereocenters. The second-order valence-electron chi connectivity index (χ2n) is 3.36. The number of carbonyl (C=O) groups excluding carboxylic acids is 1. The molecule has 6 heteroatoms. The number of nitrogens with zero attached hydrogens (tertiary/aromatic N) is 2. The molecule has 1 aromatic heterocycles. The van der Waals surface area contributed by atoms with Gasteiger partial charge in [-0.1, -0.05) is 0 Å². The van der Waals surface area contributed by atoms with Crippen molar-refractivity contribution >= 4 is 17.2 Å². The zero-order chi connectivity index (χ0) is 11.9. The van der Waals surface area contributed by atoms with Crippen LogP contribution < -0.4 is 0 Å². The monoisotopic (exact) mass is 228 g/mol. The van der Waals surface area contributed by atoms with Gasteiger partial charge in [0.2, 0.25) is 0 Å². The number of hydrogen-bond donors (Lipinski definition) is 0. The second kappa shape index (κ2) is 3.33. The average Bonchev–Trinajstić information content (AvgIpc) is 2.55. The van der Waals surface area contributed by atoms with Crippen molar-refractivity contribution < 1.29 is 18.0 Å². The lowest BCUT2D eigenvalue weighted by molar-refractivity contribution is -0.140. The number of aldehydes is 1. The van der Waals surface area contributed by atoms with Gasteiger partial charge in [-0.25, -0.2) is 0 Å². The zero-order valence-corrected chi connectivity index (χ0v) is 8.25. The number of aryl methyl sites for hydroxylation is 1. The first-order chi connectivity index (χ1) is 7.43. The van der Waals surface area contributed by atoms with Gasteiger partial charge in [-0.2, -0.15) is 18.3 Å². The van der Waals surface area contributed by atoms with Crippen molar-refractivity contribution in [2.24, 2.45) is 7.05 Å². The van der Waals surface area contributed by atoms with Crippen LogP contribution in [0.15, 0.2) is 18.2 Å². The van der Waals surface area contributed by atoms with Crippen LogP contribution >= 0.6 is 0 Å². The Bertz CT molecular complexity index is 557. The molecule has 1 heterocycles. The topological polar surface area (TPSA) is 34.9 Å². The maximum Gasteiger partial charge on any atom is 0.435 e. The van der Waals surface area contributed by atoms with Crippen molar-refractivity contribution in [3.05, 3.63) is 29.5 Å². The normalized spacial score (nSPS) is 12.0. The lowest BCUT2D eigenvalue weighted by atomic mass is 10.1. The van der Waals surface area contributed by atoms with Crippen LogP contribution in [0.25, 0.3) is 10.9 Å². The van der Waals surface area contributed by atoms with E-state index < -0.39 is 11.9 Å². The van der Waals surface area contributed by atoms with Crippen LogP contribution in [-0.2, 0) is 13.2 Å². The summed E-state index contributed by atoms with van der Waals surface area (Å²) < 4.78 is 39.0. The average molecular weight is 228 g/mol. The summed E-state index contributed by atoms with van der Waals surface area (Å²) in [5.41, 5.74) is -0.419. The molecule has 0 saturated heterocycles. The van der Waals surface area contributed by atoms with Gasteiger partial charge in [-0.15, -0.1) is 0 Å². The summed E-state index contributed by atoms with van der Waals surface area (Å²) in [4.78, 5) is 10.5. The standard InChI is InChI=1S/C10H7F3N2O/c1-15-8-3-2-6(5-16)4-7(8)9(14-15)10(11,12)13/h2-5H,1H3. The number of hydrogen-bond acceptors (Lipinski definition) is 2. The van der Waals surface area contributed by atoms with Crippen molar-refractivity contribution in [1.82, 2.24) is 9.78 Å². The Morgan fingerprint density at radius 2 is 2.06 bits per heavy atom. The van der Waals surface area contributed by atoms with Crippen molar-refractivity contribution in [2.75, 3.05) is 0 Å². The molecule has 0 N–H and O–H groups in total. The van der Waals surface area contributed by atoms with Gasteiger partial charge in [0.15, 0.2) is 5.69 Å². The van der Waals surface area contributed by atoms with Crippen LogP contribution in [0.4, 0.5) is 13.2 Å². The molecule has 16 heavy (non-hydrogen) atoms. The summed E-state index contributed by atoms with van der Waals surface area (Å²) in [6.07, 6.45) is -4.01. The maximum absolute atomic E-state index is 12.6. The summed E-state index contributed by atoms with van der Waals surface area (Å²) in [6.45, 7) is 0. The van der Waals surface area contributed by atoms with Gasteiger partial charge in [0, 0.05) is 18.0 Å². The number of benzene rings is 1. The minimum absolute atomic E-state index is 0.0559. The molecule has 0 aliphatic rings. The summed E-state index contributed by atoms with van der Waals surface area (Å²) in [5, 5.41) is 3.36. The largest absolute Gasteiger partial charge is 0.435 e. The molecular formula is C10H7F3N2O. The zero-order valence-electron chi connectivity index (χ0n) is 8.25. The van der Waals surface area contributed by atoms with Gasteiger partial charge >= 0.3 is 6.18 Å². The van der Waals surface area contributed by atoms with Gasteiger partial charge in [0.1, 0.15) is 6.29 Å². The van der Waals surface area contributed by atoms with Crippen LogP contribution in [0.5, 0.6) is 0 Å². The predicted octanol–water partition coefficient (Wildman–Crippen LogP) is 2.40. The Kier molecular flexibility index (Phi) is 2.22. The highest BCUT2D eigenvalue weighted by Crippen LogP contribution is 2.33. The van der Waals surface area contributed by atoms with E-state index in [0.717, 1.165) is 4.68 Å². The number of carbonyl (C=O) groups is 1. The summed E-state index contributed by atoms with van der Waals surface area (Å²) >= 11 is 0. The summed E-state index contributed by atoms with van der Waals surface area (Å²) in [6, 6.07) is 4.09. The third-order valence-electron chi connectivity index (χ3n) is 2.28. The van der Waals surface area contributed by atoms with Crippen LogP contribution in [0.2, 0.25) is 0 Å². The van der Waals surface area contributed by atoms with Crippen LogP contribution in [0.3, 0.4) is 0 Å². The van der Waals surface area contributed by atoms with Crippen LogP contribution in [-0.4, -0.2) is 16.1 Å². The van der Waals surface area contributed by atoms with Gasteiger partial charge < -0.3 is 0 Å². The van der Waals surface area contributed by atoms with Gasteiger partial charge in [0.05, 0.1) is 5.52 Å². The Hall–Kier alpha value is -1.85. The molecule has 0 aliphatic heterocycles. The van der Waals surface area contributed by atoms with E-state index in [9.17, 15) is 18.0 Å². The quantitative estimate of drug-likeness (QED) is 0.702. The first kappa shape index (κ1) is 10.7. The van der Waals surface area contributed by atoms with Crippen LogP contribution in [0.1, 0.15) is 16.1 Å². The van der Waals surface area contributed by atoms with E-state index in [1.54, 1.807) is 0 Å². The highest BCUT2D eigenvalue weighted by atomic mass is 19.4. The first-order valence-corrected chi connectivity index (χ1v) is 4.42. The summed E-state index contributed by atoms with van der Waals surface area (Å²) in [7, 11) is 1.43. The molecule has 0 bridgehead atoms. The number of fused-ring (bicyclic) bond motifs is 1. The first-order valence-electron chi connectivity index (χ1n) is 4.42. The van der Waals surface area contributed by atoms with Crippen molar-refractivity contribution in [2.45, 2.75) is 6.18 Å². The number of alkyl halides is 3. The van der Waals surface area contributed by atoms with Crippen LogP contribution in [0, 0.1) is 0 Å². The molecule has 0 amide bonds. The van der Waals surface area contributed by atoms with Crippen molar-refractivity contribution in [1.29, 1.82) is 0 Å². The fourth-order valence-electron chi connectivity index (χ4n) is 1.57. The predicted molar refractivity (Wildman–Crippen MR) is 51.1 cm³/mol. The van der Waals surface area contributed by atoms with E-state index in [4.69, 9.17) is 0 Å².